The van der Waals surface area contributed by atoms with Gasteiger partial charge in [-0.15, -0.1) is 0 Å². The maximum Gasteiger partial charge on any atom is 0.338 e. The molecule has 10 heteroatoms. The number of hydrogen-bond donors (Lipinski definition) is 1. The molecule has 0 saturated carbocycles. The average molecular weight is 495 g/mol. The zero-order valence-electron chi connectivity index (χ0n) is 18.7. The molecule has 1 aliphatic heterocycles. The van der Waals surface area contributed by atoms with E-state index in [4.69, 9.17) is 21.1 Å². The molecule has 1 atom stereocenters. The summed E-state index contributed by atoms with van der Waals surface area (Å²) < 4.78 is 37.6. The number of hydrogen-bond acceptors (Lipinski definition) is 6. The van der Waals surface area contributed by atoms with Gasteiger partial charge in [-0.05, 0) is 48.7 Å². The topological polar surface area (TPSA) is 102 Å². The van der Waals surface area contributed by atoms with Gasteiger partial charge in [0.25, 0.3) is 5.91 Å². The van der Waals surface area contributed by atoms with E-state index in [2.05, 4.69) is 19.2 Å². The standard InChI is InChI=1S/C23H27ClN2O6S/c1-15(2)17-4-7-19(8-5-17)25-22(27)16(3)32-23(28)18-6-9-20(24)21(14-18)33(29,30)26-10-12-31-13-11-26/h4-9,14-16H,10-13H2,1-3H3,(H,25,27). The fraction of sp³-hybridized carbons (Fsp3) is 0.391. The third kappa shape index (κ3) is 6.11. The lowest BCUT2D eigenvalue weighted by atomic mass is 10.0. The lowest BCUT2D eigenvalue weighted by molar-refractivity contribution is -0.123. The smallest absolute Gasteiger partial charge is 0.338 e. The van der Waals surface area contributed by atoms with E-state index in [1.54, 1.807) is 12.1 Å². The molecule has 1 amide bonds. The Morgan fingerprint density at radius 3 is 2.30 bits per heavy atom. The monoisotopic (exact) mass is 494 g/mol. The highest BCUT2D eigenvalue weighted by molar-refractivity contribution is 7.89. The maximum atomic E-state index is 13.0. The molecule has 0 spiro atoms. The highest BCUT2D eigenvalue weighted by Gasteiger charge is 2.29. The van der Waals surface area contributed by atoms with Crippen molar-refractivity contribution in [2.75, 3.05) is 31.6 Å². The minimum atomic E-state index is -3.91. The lowest BCUT2D eigenvalue weighted by Crippen LogP contribution is -2.40. The first-order chi connectivity index (χ1) is 15.6. The van der Waals surface area contributed by atoms with Crippen molar-refractivity contribution in [2.45, 2.75) is 37.7 Å². The van der Waals surface area contributed by atoms with Gasteiger partial charge >= 0.3 is 5.97 Å². The van der Waals surface area contributed by atoms with Crippen molar-refractivity contribution in [1.82, 2.24) is 4.31 Å². The van der Waals surface area contributed by atoms with Crippen molar-refractivity contribution in [1.29, 1.82) is 0 Å². The molecule has 0 aliphatic carbocycles. The zero-order chi connectivity index (χ0) is 24.2. The Hall–Kier alpha value is -2.46. The molecule has 0 radical (unpaired) electrons. The van der Waals surface area contributed by atoms with E-state index in [0.29, 0.717) is 11.6 Å². The van der Waals surface area contributed by atoms with Crippen molar-refractivity contribution in [3.63, 3.8) is 0 Å². The number of nitrogens with one attached hydrogen (secondary N) is 1. The lowest BCUT2D eigenvalue weighted by Gasteiger charge is -2.26. The number of ether oxygens (including phenoxy) is 2. The van der Waals surface area contributed by atoms with E-state index in [1.807, 2.05) is 12.1 Å². The van der Waals surface area contributed by atoms with Gasteiger partial charge in [-0.25, -0.2) is 13.2 Å². The predicted octanol–water partition coefficient (Wildman–Crippen LogP) is 3.67. The number of rotatable bonds is 7. The Bertz CT molecular complexity index is 1110. The number of nitrogens with zero attached hydrogens (tertiary/aromatic N) is 1. The second kappa shape index (κ2) is 10.6. The molecule has 1 aliphatic rings. The fourth-order valence-corrected chi connectivity index (χ4v) is 5.14. The first-order valence-corrected chi connectivity index (χ1v) is 12.4. The molecule has 1 unspecified atom stereocenters. The molecule has 2 aromatic rings. The van der Waals surface area contributed by atoms with Gasteiger partial charge in [-0.2, -0.15) is 4.31 Å². The summed E-state index contributed by atoms with van der Waals surface area (Å²) in [6.07, 6.45) is -1.10. The van der Waals surface area contributed by atoms with Crippen molar-refractivity contribution < 1.29 is 27.5 Å². The molecule has 178 valence electrons. The molecule has 1 N–H and O–H groups in total. The highest BCUT2D eigenvalue weighted by atomic mass is 35.5. The number of halogens is 1. The van der Waals surface area contributed by atoms with Crippen molar-refractivity contribution in [3.8, 4) is 0 Å². The number of carbonyl (C=O) groups is 2. The summed E-state index contributed by atoms with van der Waals surface area (Å²) in [6.45, 7) is 6.55. The van der Waals surface area contributed by atoms with Crippen LogP contribution in [-0.2, 0) is 24.3 Å². The van der Waals surface area contributed by atoms with Crippen LogP contribution in [0.3, 0.4) is 0 Å². The summed E-state index contributed by atoms with van der Waals surface area (Å²) in [6, 6.07) is 11.3. The Balaban J connectivity index is 1.69. The molecule has 3 rings (SSSR count). The predicted molar refractivity (Wildman–Crippen MR) is 125 cm³/mol. The Labute approximate surface area is 198 Å². The van der Waals surface area contributed by atoms with Crippen LogP contribution in [-0.4, -0.2) is 57.0 Å². The Morgan fingerprint density at radius 2 is 1.70 bits per heavy atom. The SMILES string of the molecule is CC(OC(=O)c1ccc(Cl)c(S(=O)(=O)N2CCOCC2)c1)C(=O)Nc1ccc(C(C)C)cc1. The molecule has 2 aromatic carbocycles. The number of anilines is 1. The maximum absolute atomic E-state index is 13.0. The normalized spacial score (nSPS) is 15.8. The number of sulfonamides is 1. The quantitative estimate of drug-likeness (QED) is 0.589. The van der Waals surface area contributed by atoms with Crippen molar-refractivity contribution in [3.05, 3.63) is 58.6 Å². The third-order valence-electron chi connectivity index (χ3n) is 5.25. The van der Waals surface area contributed by atoms with Gasteiger partial charge in [0.2, 0.25) is 10.0 Å². The first kappa shape index (κ1) is 25.2. The van der Waals surface area contributed by atoms with Gasteiger partial charge in [-0.3, -0.25) is 4.79 Å². The van der Waals surface area contributed by atoms with Crippen LogP contribution in [0.1, 0.15) is 42.6 Å². The zero-order valence-corrected chi connectivity index (χ0v) is 20.3. The van der Waals surface area contributed by atoms with Gasteiger partial charge in [0.1, 0.15) is 4.90 Å². The second-order valence-corrected chi connectivity index (χ2v) is 10.3. The number of amides is 1. The van der Waals surface area contributed by atoms with Crippen molar-refractivity contribution in [2.24, 2.45) is 0 Å². The molecule has 1 heterocycles. The van der Waals surface area contributed by atoms with Crippen LogP contribution in [0.5, 0.6) is 0 Å². The summed E-state index contributed by atoms with van der Waals surface area (Å²) in [5.41, 5.74) is 1.70. The molecular weight excluding hydrogens is 468 g/mol. The summed E-state index contributed by atoms with van der Waals surface area (Å²) in [5, 5.41) is 2.69. The Kier molecular flexibility index (Phi) is 8.12. The summed E-state index contributed by atoms with van der Waals surface area (Å²) in [7, 11) is -3.91. The van der Waals surface area contributed by atoms with Crippen LogP contribution >= 0.6 is 11.6 Å². The average Bonchev–Trinajstić information content (AvgIpc) is 2.80. The number of morpholine rings is 1. The van der Waals surface area contributed by atoms with Crippen LogP contribution in [0.4, 0.5) is 5.69 Å². The van der Waals surface area contributed by atoms with Crippen LogP contribution < -0.4 is 5.32 Å². The molecule has 8 nitrogen and oxygen atoms in total. The third-order valence-corrected chi connectivity index (χ3v) is 7.63. The van der Waals surface area contributed by atoms with E-state index in [-0.39, 0.29) is 41.8 Å². The molecular formula is C23H27ClN2O6S. The number of benzene rings is 2. The summed E-state index contributed by atoms with van der Waals surface area (Å²) in [4.78, 5) is 24.9. The molecule has 0 aromatic heterocycles. The van der Waals surface area contributed by atoms with Crippen LogP contribution in [0, 0.1) is 0 Å². The van der Waals surface area contributed by atoms with E-state index in [9.17, 15) is 18.0 Å². The fourth-order valence-electron chi connectivity index (χ4n) is 3.23. The van der Waals surface area contributed by atoms with E-state index in [1.165, 1.54) is 29.4 Å². The highest BCUT2D eigenvalue weighted by Crippen LogP contribution is 2.27. The van der Waals surface area contributed by atoms with Gasteiger partial charge in [0.05, 0.1) is 23.8 Å². The summed E-state index contributed by atoms with van der Waals surface area (Å²) in [5.74, 6) is -0.968. The van der Waals surface area contributed by atoms with Gasteiger partial charge in [0, 0.05) is 18.8 Å². The van der Waals surface area contributed by atoms with Crippen LogP contribution in [0.25, 0.3) is 0 Å². The van der Waals surface area contributed by atoms with E-state index in [0.717, 1.165) is 5.56 Å². The molecule has 33 heavy (non-hydrogen) atoms. The van der Waals surface area contributed by atoms with Gasteiger partial charge in [0.15, 0.2) is 6.10 Å². The summed E-state index contributed by atoms with van der Waals surface area (Å²) >= 11 is 6.13. The molecule has 1 saturated heterocycles. The Morgan fingerprint density at radius 1 is 1.06 bits per heavy atom. The van der Waals surface area contributed by atoms with Gasteiger partial charge < -0.3 is 14.8 Å². The second-order valence-electron chi connectivity index (χ2n) is 7.98. The van der Waals surface area contributed by atoms with Crippen LogP contribution in [0.15, 0.2) is 47.4 Å². The largest absolute Gasteiger partial charge is 0.449 e. The minimum absolute atomic E-state index is 0.00585. The van der Waals surface area contributed by atoms with Crippen molar-refractivity contribution >= 4 is 39.2 Å². The molecule has 1 fully saturated rings. The number of esters is 1. The van der Waals surface area contributed by atoms with E-state index >= 15 is 0 Å². The minimum Gasteiger partial charge on any atom is -0.449 e. The van der Waals surface area contributed by atoms with Crippen LogP contribution in [0.2, 0.25) is 5.02 Å². The van der Waals surface area contributed by atoms with Gasteiger partial charge in [-0.1, -0.05) is 37.6 Å². The first-order valence-electron chi connectivity index (χ1n) is 10.6. The number of carbonyl (C=O) groups excluding carboxylic acids is 2. The van der Waals surface area contributed by atoms with E-state index < -0.39 is 28.0 Å². The molecule has 0 bridgehead atoms.